The lowest BCUT2D eigenvalue weighted by Crippen LogP contribution is -2.45. The number of piperazine rings is 1. The Balaban J connectivity index is 1.85. The Morgan fingerprint density at radius 2 is 1.82 bits per heavy atom. The molecule has 1 aliphatic carbocycles. The zero-order valence-corrected chi connectivity index (χ0v) is 14.9. The second-order valence-electron chi connectivity index (χ2n) is 6.22. The summed E-state index contributed by atoms with van der Waals surface area (Å²) in [6, 6.07) is 0. The molecule has 0 bridgehead atoms. The minimum absolute atomic E-state index is 0.917. The van der Waals surface area contributed by atoms with E-state index in [1.165, 1.54) is 41.7 Å². The number of aromatic nitrogens is 2. The fourth-order valence-corrected chi connectivity index (χ4v) is 5.13. The summed E-state index contributed by atoms with van der Waals surface area (Å²) in [7, 11) is 2.20. The number of fused-ring (bicyclic) bond motifs is 3. The molecule has 0 atom stereocenters. The lowest BCUT2D eigenvalue weighted by atomic mass is 9.97. The Morgan fingerprint density at radius 1 is 1.05 bits per heavy atom. The molecule has 3 heterocycles. The summed E-state index contributed by atoms with van der Waals surface area (Å²) in [4.78, 5) is 17.4. The summed E-state index contributed by atoms with van der Waals surface area (Å²) in [5.74, 6) is 1.20. The summed E-state index contributed by atoms with van der Waals surface area (Å²) in [5.41, 5.74) is 1.55. The van der Waals surface area contributed by atoms with Crippen molar-refractivity contribution in [2.75, 3.05) is 44.4 Å². The van der Waals surface area contributed by atoms with Crippen molar-refractivity contribution in [1.29, 1.82) is 0 Å². The number of aryl methyl sites for hydroxylation is 2. The number of hydrogen-bond donors (Lipinski definition) is 0. The fraction of sp³-hybridized carbons (Fsp3) is 0.625. The van der Waals surface area contributed by atoms with Crippen LogP contribution in [0.4, 0.5) is 5.82 Å². The smallest absolute Gasteiger partial charge is 0.190 e. The van der Waals surface area contributed by atoms with Crippen LogP contribution in [0.2, 0.25) is 0 Å². The van der Waals surface area contributed by atoms with Gasteiger partial charge in [0.2, 0.25) is 0 Å². The third kappa shape index (κ3) is 2.51. The first-order valence-corrected chi connectivity index (χ1v) is 10.1. The number of nitrogens with zero attached hydrogens (tertiary/aromatic N) is 4. The van der Waals surface area contributed by atoms with E-state index >= 15 is 0 Å². The van der Waals surface area contributed by atoms with Crippen molar-refractivity contribution in [1.82, 2.24) is 14.9 Å². The molecule has 2 aromatic rings. The summed E-state index contributed by atoms with van der Waals surface area (Å²) in [6.45, 7) is 4.38. The molecular weight excluding hydrogens is 312 g/mol. The molecule has 0 spiro atoms. The first-order valence-electron chi connectivity index (χ1n) is 8.06. The monoisotopic (exact) mass is 334 g/mol. The molecule has 2 aliphatic rings. The van der Waals surface area contributed by atoms with Crippen molar-refractivity contribution in [3.63, 3.8) is 0 Å². The molecule has 0 N–H and O–H groups in total. The van der Waals surface area contributed by atoms with Crippen molar-refractivity contribution < 1.29 is 0 Å². The van der Waals surface area contributed by atoms with E-state index in [1.54, 1.807) is 22.2 Å². The summed E-state index contributed by atoms with van der Waals surface area (Å²) < 4.78 is 0. The lowest BCUT2D eigenvalue weighted by Gasteiger charge is -2.33. The van der Waals surface area contributed by atoms with Crippen LogP contribution in [0.1, 0.15) is 23.3 Å². The van der Waals surface area contributed by atoms with Crippen LogP contribution in [-0.4, -0.2) is 54.4 Å². The molecule has 1 aliphatic heterocycles. The van der Waals surface area contributed by atoms with Crippen molar-refractivity contribution in [2.24, 2.45) is 0 Å². The second kappa shape index (κ2) is 5.98. The maximum Gasteiger partial charge on any atom is 0.190 e. The minimum Gasteiger partial charge on any atom is -0.353 e. The zero-order chi connectivity index (χ0) is 15.1. The molecule has 22 heavy (non-hydrogen) atoms. The van der Waals surface area contributed by atoms with E-state index < -0.39 is 0 Å². The number of hydrogen-bond acceptors (Lipinski definition) is 6. The topological polar surface area (TPSA) is 32.3 Å². The summed E-state index contributed by atoms with van der Waals surface area (Å²) in [6.07, 6.45) is 7.14. The van der Waals surface area contributed by atoms with E-state index in [0.29, 0.717) is 0 Å². The highest BCUT2D eigenvalue weighted by Crippen LogP contribution is 2.40. The van der Waals surface area contributed by atoms with E-state index in [1.807, 2.05) is 11.3 Å². The number of rotatable bonds is 2. The van der Waals surface area contributed by atoms with Crippen LogP contribution >= 0.6 is 23.1 Å². The molecule has 2 aromatic heterocycles. The standard InChI is InChI=1S/C16H22N4S2/c1-19-7-9-20(10-8-19)14-13-11-5-3-4-6-12(11)22-15(13)18-16(17-14)21-2/h3-10H2,1-2H3. The van der Waals surface area contributed by atoms with Gasteiger partial charge in [-0.15, -0.1) is 11.3 Å². The van der Waals surface area contributed by atoms with Gasteiger partial charge in [-0.2, -0.15) is 0 Å². The maximum atomic E-state index is 4.91. The fourth-order valence-electron chi connectivity index (χ4n) is 3.46. The average Bonchev–Trinajstić information content (AvgIpc) is 2.93. The van der Waals surface area contributed by atoms with E-state index in [4.69, 9.17) is 9.97 Å². The highest BCUT2D eigenvalue weighted by Gasteiger charge is 2.25. The first kappa shape index (κ1) is 14.7. The van der Waals surface area contributed by atoms with Crippen LogP contribution in [0.3, 0.4) is 0 Å². The number of likely N-dealkylation sites (N-methyl/N-ethyl adjacent to an activating group) is 1. The summed E-state index contributed by atoms with van der Waals surface area (Å²) >= 11 is 3.56. The van der Waals surface area contributed by atoms with Crippen molar-refractivity contribution in [3.05, 3.63) is 10.4 Å². The molecule has 1 saturated heterocycles. The Labute approximate surface area is 139 Å². The molecule has 1 fully saturated rings. The lowest BCUT2D eigenvalue weighted by molar-refractivity contribution is 0.312. The van der Waals surface area contributed by atoms with E-state index in [0.717, 1.165) is 31.3 Å². The largest absolute Gasteiger partial charge is 0.353 e. The predicted molar refractivity (Wildman–Crippen MR) is 95.5 cm³/mol. The van der Waals surface area contributed by atoms with Gasteiger partial charge >= 0.3 is 0 Å². The Morgan fingerprint density at radius 3 is 2.59 bits per heavy atom. The van der Waals surface area contributed by atoms with Crippen molar-refractivity contribution >= 4 is 39.1 Å². The molecule has 0 unspecified atom stereocenters. The SMILES string of the molecule is CSc1nc(N2CCN(C)CC2)c2c3c(sc2n1)CCCC3. The molecule has 4 rings (SSSR count). The quantitative estimate of drug-likeness (QED) is 0.622. The highest BCUT2D eigenvalue weighted by molar-refractivity contribution is 7.98. The highest BCUT2D eigenvalue weighted by atomic mass is 32.2. The molecule has 0 radical (unpaired) electrons. The normalized spacial score (nSPS) is 19.6. The van der Waals surface area contributed by atoms with Gasteiger partial charge in [-0.05, 0) is 44.6 Å². The molecule has 0 amide bonds. The van der Waals surface area contributed by atoms with Gasteiger partial charge in [0.1, 0.15) is 10.6 Å². The van der Waals surface area contributed by atoms with Crippen LogP contribution in [-0.2, 0) is 12.8 Å². The molecule has 6 heteroatoms. The molecule has 118 valence electrons. The molecule has 0 saturated carbocycles. The van der Waals surface area contributed by atoms with Crippen LogP contribution in [0.15, 0.2) is 5.16 Å². The maximum absolute atomic E-state index is 4.91. The van der Waals surface area contributed by atoms with Gasteiger partial charge in [0, 0.05) is 31.1 Å². The van der Waals surface area contributed by atoms with Crippen LogP contribution in [0, 0.1) is 0 Å². The van der Waals surface area contributed by atoms with E-state index in [2.05, 4.69) is 23.1 Å². The van der Waals surface area contributed by atoms with Crippen LogP contribution < -0.4 is 4.90 Å². The van der Waals surface area contributed by atoms with Gasteiger partial charge in [0.25, 0.3) is 0 Å². The van der Waals surface area contributed by atoms with Crippen molar-refractivity contribution in [2.45, 2.75) is 30.8 Å². The Kier molecular flexibility index (Phi) is 4.00. The van der Waals surface area contributed by atoms with E-state index in [9.17, 15) is 0 Å². The minimum atomic E-state index is 0.917. The van der Waals surface area contributed by atoms with Crippen LogP contribution in [0.25, 0.3) is 10.2 Å². The first-order chi connectivity index (χ1) is 10.8. The third-order valence-corrected chi connectivity index (χ3v) is 6.49. The van der Waals surface area contributed by atoms with Gasteiger partial charge in [-0.25, -0.2) is 9.97 Å². The number of thioether (sulfide) groups is 1. The average molecular weight is 335 g/mol. The molecule has 0 aromatic carbocycles. The van der Waals surface area contributed by atoms with Gasteiger partial charge < -0.3 is 9.80 Å². The second-order valence-corrected chi connectivity index (χ2v) is 8.07. The van der Waals surface area contributed by atoms with Crippen molar-refractivity contribution in [3.8, 4) is 0 Å². The summed E-state index contributed by atoms with van der Waals surface area (Å²) in [5, 5.41) is 2.28. The van der Waals surface area contributed by atoms with Gasteiger partial charge in [-0.1, -0.05) is 11.8 Å². The number of thiophene rings is 1. The predicted octanol–water partition coefficient (Wildman–Crippen LogP) is 3.04. The zero-order valence-electron chi connectivity index (χ0n) is 13.3. The van der Waals surface area contributed by atoms with Gasteiger partial charge in [0.15, 0.2) is 5.16 Å². The Hall–Kier alpha value is -0.850. The van der Waals surface area contributed by atoms with Gasteiger partial charge in [-0.3, -0.25) is 0 Å². The Bertz CT molecular complexity index is 689. The van der Waals surface area contributed by atoms with Gasteiger partial charge in [0.05, 0.1) is 5.39 Å². The molecular formula is C16H22N4S2. The number of anilines is 1. The van der Waals surface area contributed by atoms with E-state index in [-0.39, 0.29) is 0 Å². The van der Waals surface area contributed by atoms with Crippen LogP contribution in [0.5, 0.6) is 0 Å². The third-order valence-electron chi connectivity index (χ3n) is 4.76. The molecule has 4 nitrogen and oxygen atoms in total.